The fraction of sp³-hybridized carbons (Fsp3) is 0.422. The molecular weight excluding hydrogens is 703 g/mol. The van der Waals surface area contributed by atoms with Crippen LogP contribution < -0.4 is 10.6 Å². The molecule has 8 rings (SSSR count). The zero-order chi connectivity index (χ0) is 38.9. The Morgan fingerprint density at radius 1 is 0.875 bits per heavy atom. The van der Waals surface area contributed by atoms with Crippen molar-refractivity contribution in [1.82, 2.24) is 30.5 Å². The normalized spacial score (nSPS) is 23.8. The van der Waals surface area contributed by atoms with Crippen molar-refractivity contribution in [3.05, 3.63) is 102 Å². The number of H-pyrrole nitrogens is 1. The molecule has 11 heteroatoms. The van der Waals surface area contributed by atoms with Crippen molar-refractivity contribution in [2.75, 3.05) is 13.7 Å². The predicted molar refractivity (Wildman–Crippen MR) is 216 cm³/mol. The number of aliphatic imine (C=N–C) groups is 1. The van der Waals surface area contributed by atoms with Gasteiger partial charge in [0.05, 0.1) is 31.1 Å². The first-order valence-corrected chi connectivity index (χ1v) is 20.1. The summed E-state index contributed by atoms with van der Waals surface area (Å²) in [5.41, 5.74) is 8.66. The van der Waals surface area contributed by atoms with E-state index in [0.29, 0.717) is 18.4 Å². The number of amides is 3. The number of nitrogens with one attached hydrogen (secondary N) is 3. The van der Waals surface area contributed by atoms with Crippen molar-refractivity contribution in [1.29, 1.82) is 0 Å². The average Bonchev–Trinajstić information content (AvgIpc) is 4.08. The summed E-state index contributed by atoms with van der Waals surface area (Å²) in [4.78, 5) is 58.4. The first kappa shape index (κ1) is 37.3. The lowest BCUT2D eigenvalue weighted by Gasteiger charge is -2.31. The highest BCUT2D eigenvalue weighted by molar-refractivity contribution is 6.02. The second-order valence-corrected chi connectivity index (χ2v) is 16.2. The fourth-order valence-electron chi connectivity index (χ4n) is 9.57. The van der Waals surface area contributed by atoms with Gasteiger partial charge < -0.3 is 25.3 Å². The molecule has 7 atom stereocenters. The van der Waals surface area contributed by atoms with Crippen molar-refractivity contribution in [3.8, 4) is 22.4 Å². The molecule has 3 N–H and O–H groups in total. The first-order chi connectivity index (χ1) is 27.2. The van der Waals surface area contributed by atoms with Crippen LogP contribution in [0.5, 0.6) is 0 Å². The number of rotatable bonds is 11. The standard InChI is InChI=1S/C45H51N7O4/c1-26(2)41(51-45(55)56-4)44(54)52-20-6-8-38(52)42-48-25-37(50-42)31-15-13-29(14-16-31)28-9-11-30(12-10-28)35-22-36(47-24-35)39-32-17-18-33(21-32)40(39)43(53)49-27(3)34-7-5-19-46-23-34/h5,7,9-16,19,23-27,32-33,38-41H,6,8,17-18,20-22H2,1-4H3,(H,48,50)(H,49,53)(H,51,55)/t27?,32?,33?,38-,39-,40+,41-/m0/s1. The number of methoxy groups -OCH3 is 1. The highest BCUT2D eigenvalue weighted by atomic mass is 16.5. The number of ether oxygens (including phenoxy) is 1. The number of pyridine rings is 1. The monoisotopic (exact) mass is 753 g/mol. The maximum absolute atomic E-state index is 13.7. The number of carbonyl (C=O) groups is 3. The van der Waals surface area contributed by atoms with Gasteiger partial charge in [-0.3, -0.25) is 19.6 Å². The van der Waals surface area contributed by atoms with Gasteiger partial charge in [-0.25, -0.2) is 9.78 Å². The van der Waals surface area contributed by atoms with Gasteiger partial charge in [-0.15, -0.1) is 0 Å². The van der Waals surface area contributed by atoms with E-state index in [2.05, 4.69) is 69.1 Å². The lowest BCUT2D eigenvalue weighted by Crippen LogP contribution is -2.51. The molecule has 11 nitrogen and oxygen atoms in total. The molecule has 4 aliphatic rings. The van der Waals surface area contributed by atoms with Gasteiger partial charge in [0.2, 0.25) is 11.8 Å². The molecule has 2 aromatic carbocycles. The van der Waals surface area contributed by atoms with Gasteiger partial charge in [0.1, 0.15) is 11.9 Å². The van der Waals surface area contributed by atoms with E-state index < -0.39 is 12.1 Å². The van der Waals surface area contributed by atoms with E-state index in [1.165, 1.54) is 19.1 Å². The second kappa shape index (κ2) is 15.9. The molecular formula is C45H51N7O4. The molecule has 4 aromatic rings. The molecule has 2 aliphatic heterocycles. The van der Waals surface area contributed by atoms with E-state index >= 15 is 0 Å². The van der Waals surface area contributed by atoms with Crippen LogP contribution >= 0.6 is 0 Å². The van der Waals surface area contributed by atoms with Gasteiger partial charge in [0.25, 0.3) is 0 Å². The minimum Gasteiger partial charge on any atom is -0.453 e. The topological polar surface area (TPSA) is 142 Å². The number of aromatic nitrogens is 3. The molecule has 2 bridgehead atoms. The molecule has 2 aliphatic carbocycles. The molecule has 3 amide bonds. The van der Waals surface area contributed by atoms with Crippen molar-refractivity contribution >= 4 is 29.2 Å². The Labute approximate surface area is 328 Å². The summed E-state index contributed by atoms with van der Waals surface area (Å²) in [5.74, 6) is 1.79. The zero-order valence-corrected chi connectivity index (χ0v) is 32.6. The van der Waals surface area contributed by atoms with Crippen LogP contribution in [0.2, 0.25) is 0 Å². The number of benzene rings is 2. The highest BCUT2D eigenvalue weighted by Gasteiger charge is 2.53. The number of allylic oxidation sites excluding steroid dienone is 1. The van der Waals surface area contributed by atoms with Crippen LogP contribution in [0.15, 0.2) is 90.4 Å². The van der Waals surface area contributed by atoms with Crippen LogP contribution in [0.3, 0.4) is 0 Å². The van der Waals surface area contributed by atoms with E-state index in [0.717, 1.165) is 77.2 Å². The number of hydrogen-bond acceptors (Lipinski definition) is 7. The Kier molecular flexibility index (Phi) is 10.6. The molecule has 4 heterocycles. The number of imidazole rings is 1. The summed E-state index contributed by atoms with van der Waals surface area (Å²) in [6.45, 7) is 6.47. The minimum absolute atomic E-state index is 0.0287. The maximum Gasteiger partial charge on any atom is 0.407 e. The van der Waals surface area contributed by atoms with Crippen LogP contribution in [0.1, 0.15) is 88.3 Å². The predicted octanol–water partition coefficient (Wildman–Crippen LogP) is 7.91. The molecule has 2 aromatic heterocycles. The second-order valence-electron chi connectivity index (χ2n) is 16.2. The molecule has 0 spiro atoms. The fourth-order valence-corrected chi connectivity index (χ4v) is 9.57. The van der Waals surface area contributed by atoms with Crippen molar-refractivity contribution in [2.24, 2.45) is 34.6 Å². The maximum atomic E-state index is 13.7. The molecule has 1 saturated heterocycles. The summed E-state index contributed by atoms with van der Waals surface area (Å²) >= 11 is 0. The average molecular weight is 754 g/mol. The van der Waals surface area contributed by atoms with Gasteiger partial charge in [-0.2, -0.15) is 0 Å². The quantitative estimate of drug-likeness (QED) is 0.142. The van der Waals surface area contributed by atoms with Gasteiger partial charge in [-0.1, -0.05) is 68.4 Å². The molecule has 2 saturated carbocycles. The minimum atomic E-state index is -0.674. The molecule has 3 unspecified atom stereocenters. The highest BCUT2D eigenvalue weighted by Crippen LogP contribution is 2.54. The van der Waals surface area contributed by atoms with Crippen LogP contribution in [0, 0.1) is 29.6 Å². The Hall–Kier alpha value is -5.58. The Bertz CT molecular complexity index is 2120. The molecule has 3 fully saturated rings. The molecule has 290 valence electrons. The van der Waals surface area contributed by atoms with Gasteiger partial charge in [0, 0.05) is 49.1 Å². The number of hydrogen-bond donors (Lipinski definition) is 3. The van der Waals surface area contributed by atoms with E-state index in [4.69, 9.17) is 14.7 Å². The van der Waals surface area contributed by atoms with E-state index in [-0.39, 0.29) is 41.7 Å². The summed E-state index contributed by atoms with van der Waals surface area (Å²) in [6, 6.07) is 20.1. The van der Waals surface area contributed by atoms with E-state index in [1.54, 1.807) is 6.20 Å². The smallest absolute Gasteiger partial charge is 0.407 e. The number of fused-ring (bicyclic) bond motifs is 2. The van der Waals surface area contributed by atoms with Crippen LogP contribution in [0.4, 0.5) is 4.79 Å². The number of alkyl carbamates (subject to hydrolysis) is 1. The van der Waals surface area contributed by atoms with Crippen molar-refractivity contribution in [3.63, 3.8) is 0 Å². The third-order valence-electron chi connectivity index (χ3n) is 12.5. The first-order valence-electron chi connectivity index (χ1n) is 20.1. The van der Waals surface area contributed by atoms with Gasteiger partial charge >= 0.3 is 6.09 Å². The zero-order valence-electron chi connectivity index (χ0n) is 32.6. The van der Waals surface area contributed by atoms with E-state index in [1.807, 2.05) is 56.4 Å². The third-order valence-corrected chi connectivity index (χ3v) is 12.5. The largest absolute Gasteiger partial charge is 0.453 e. The van der Waals surface area contributed by atoms with Gasteiger partial charge in [0.15, 0.2) is 0 Å². The van der Waals surface area contributed by atoms with E-state index in [9.17, 15) is 14.4 Å². The lowest BCUT2D eigenvalue weighted by molar-refractivity contribution is -0.135. The van der Waals surface area contributed by atoms with Crippen molar-refractivity contribution < 1.29 is 19.1 Å². The number of nitrogens with zero attached hydrogens (tertiary/aromatic N) is 4. The lowest BCUT2D eigenvalue weighted by atomic mass is 9.74. The Morgan fingerprint density at radius 3 is 2.29 bits per heavy atom. The van der Waals surface area contributed by atoms with Gasteiger partial charge in [-0.05, 0) is 96.2 Å². The van der Waals surface area contributed by atoms with Crippen molar-refractivity contribution in [2.45, 2.75) is 77.4 Å². The summed E-state index contributed by atoms with van der Waals surface area (Å²) in [5, 5.41) is 6.01. The Morgan fingerprint density at radius 2 is 1.59 bits per heavy atom. The summed E-state index contributed by atoms with van der Waals surface area (Å²) in [7, 11) is 1.30. The number of likely N-dealkylation sites (tertiary alicyclic amines) is 1. The summed E-state index contributed by atoms with van der Waals surface area (Å²) < 4.78 is 4.77. The third kappa shape index (κ3) is 7.39. The van der Waals surface area contributed by atoms with Crippen LogP contribution in [0.25, 0.3) is 28.0 Å². The SMILES string of the molecule is COC(=O)N[C@H](C(=O)N1CCC[C@H]1c1ncc(-c2ccc(-c3ccc(C4=CN=C([C@@H]5C6CCC(C6)[C@H]5C(=O)NC(C)c5cccnc5)C4)cc3)cc2)[nH]1)C(C)C. The number of carbonyl (C=O) groups excluding carboxylic acids is 3. The molecule has 56 heavy (non-hydrogen) atoms. The molecule has 0 radical (unpaired) electrons. The number of aromatic amines is 1. The Balaban J connectivity index is 0.893. The summed E-state index contributed by atoms with van der Waals surface area (Å²) in [6.07, 6.45) is 12.7. The van der Waals surface area contributed by atoms with Crippen LogP contribution in [-0.4, -0.2) is 63.2 Å². The van der Waals surface area contributed by atoms with Crippen LogP contribution in [-0.2, 0) is 14.3 Å².